The largest absolute Gasteiger partial charge is 0.394 e. The predicted octanol–water partition coefficient (Wildman–Crippen LogP) is 1.63. The van der Waals surface area contributed by atoms with Crippen LogP contribution in [0.25, 0.3) is 0 Å². The highest BCUT2D eigenvalue weighted by molar-refractivity contribution is 6.00. The highest BCUT2D eigenvalue weighted by Gasteiger charge is 2.54. The van der Waals surface area contributed by atoms with Crippen molar-refractivity contribution < 1.29 is 63.1 Å². The van der Waals surface area contributed by atoms with Gasteiger partial charge in [0.2, 0.25) is 35.4 Å². The zero-order valence-corrected chi connectivity index (χ0v) is 42.4. The van der Waals surface area contributed by atoms with Crippen molar-refractivity contribution in [3.05, 3.63) is 12.2 Å². The van der Waals surface area contributed by atoms with Crippen LogP contribution in [-0.4, -0.2) is 154 Å². The third-order valence-corrected chi connectivity index (χ3v) is 12.3. The van der Waals surface area contributed by atoms with Crippen molar-refractivity contribution in [2.75, 3.05) is 33.5 Å². The quantitative estimate of drug-likeness (QED) is 0.0289. The summed E-state index contributed by atoms with van der Waals surface area (Å²) in [7, 11) is 1.55. The van der Waals surface area contributed by atoms with Crippen molar-refractivity contribution in [1.29, 1.82) is 0 Å². The summed E-state index contributed by atoms with van der Waals surface area (Å²) in [5.74, 6) is -3.58. The fraction of sp³-hybridized carbons (Fsp3) is 0.792. The molecule has 19 nitrogen and oxygen atoms in total. The van der Waals surface area contributed by atoms with E-state index in [1.165, 1.54) is 18.7 Å². The Bertz CT molecular complexity index is 1700. The lowest BCUT2D eigenvalue weighted by molar-refractivity contribution is -0.141. The number of Topliss-reactive ketones (excluding diaryl/α,β-unsaturated/α-hetero) is 2. The summed E-state index contributed by atoms with van der Waals surface area (Å²) >= 11 is 0. The number of epoxide rings is 2. The van der Waals surface area contributed by atoms with Crippen LogP contribution in [0.5, 0.6) is 0 Å². The number of carbonyl (C=O) groups is 8. The van der Waals surface area contributed by atoms with E-state index >= 15 is 0 Å². The average Bonchev–Trinajstić information content (AvgIpc) is 4.20. The summed E-state index contributed by atoms with van der Waals surface area (Å²) in [6.07, 6.45) is 3.37. The number of nitrogens with zero attached hydrogens (tertiary/aromatic N) is 1. The fourth-order valence-corrected chi connectivity index (χ4v) is 7.25. The molecule has 67 heavy (non-hydrogen) atoms. The zero-order chi connectivity index (χ0) is 51.6. The van der Waals surface area contributed by atoms with E-state index in [0.29, 0.717) is 37.2 Å². The lowest BCUT2D eigenvalue weighted by atomic mass is 9.92. The molecule has 0 aromatic rings. The number of aliphatic hydroxyl groups is 3. The molecule has 2 saturated heterocycles. The van der Waals surface area contributed by atoms with Gasteiger partial charge in [0.05, 0.1) is 44.6 Å². The zero-order valence-electron chi connectivity index (χ0n) is 42.4. The van der Waals surface area contributed by atoms with Gasteiger partial charge in [-0.3, -0.25) is 38.4 Å². The van der Waals surface area contributed by atoms with Crippen LogP contribution >= 0.6 is 0 Å². The molecule has 11 atom stereocenters. The first-order chi connectivity index (χ1) is 31.1. The second-order valence-electron chi connectivity index (χ2n) is 19.6. The van der Waals surface area contributed by atoms with E-state index in [4.69, 9.17) is 9.47 Å². The number of aliphatic hydroxyl groups excluding tert-OH is 3. The average molecular weight is 953 g/mol. The molecule has 2 fully saturated rings. The number of rotatable bonds is 30. The molecule has 0 spiro atoms. The maximum atomic E-state index is 13.4. The highest BCUT2D eigenvalue weighted by Crippen LogP contribution is 2.31. The maximum absolute atomic E-state index is 13.4. The highest BCUT2D eigenvalue weighted by atomic mass is 16.6. The van der Waals surface area contributed by atoms with Crippen molar-refractivity contribution in [1.82, 2.24) is 31.5 Å². The van der Waals surface area contributed by atoms with Gasteiger partial charge in [-0.2, -0.15) is 0 Å². The molecular formula is C48H84N6O13. The summed E-state index contributed by atoms with van der Waals surface area (Å²) in [6.45, 7) is 24.7. The summed E-state index contributed by atoms with van der Waals surface area (Å²) in [5.41, 5.74) is -1.55. The molecule has 19 heteroatoms. The van der Waals surface area contributed by atoms with Crippen LogP contribution in [0.1, 0.15) is 134 Å². The predicted molar refractivity (Wildman–Crippen MR) is 252 cm³/mol. The van der Waals surface area contributed by atoms with Gasteiger partial charge in [0, 0.05) is 20.4 Å². The molecule has 2 aliphatic heterocycles. The van der Waals surface area contributed by atoms with Gasteiger partial charge < -0.3 is 56.3 Å². The van der Waals surface area contributed by atoms with Gasteiger partial charge in [-0.05, 0) is 63.7 Å². The van der Waals surface area contributed by atoms with Crippen molar-refractivity contribution in [2.45, 2.75) is 188 Å². The molecule has 8 N–H and O–H groups in total. The standard InChI is InChI=1S/C28H50N4O7.C20H34N2O6/c1-11-16(5)21(30-27(38)23(17(6)12-2)32(10)19(8)34)25(36)31-22(18(7)33)26(37)29-20(13-15(3)4)24(35)28(9)14-39-28;1-13(2)7-5-6-8-17(25)21-16(10-23)19(27)22-15(9-14(3)4)18(26)20(11-24)12-28-20/h15-18,20-23,33H,11-14H2,1-10H3,(H,29,37)(H,30,38)(H,31,36);13,15-16,23-24H,3,5-12H2,1-2,4H3,(H,21,25)(H,22,27)/t16-,17-,18+,20?,21?,22?,23?,28+;15?,16?,20-/m01/s1. The monoisotopic (exact) mass is 953 g/mol. The van der Waals surface area contributed by atoms with Crippen LogP contribution in [0.3, 0.4) is 0 Å². The van der Waals surface area contributed by atoms with Crippen LogP contribution in [0, 0.1) is 23.7 Å². The smallest absolute Gasteiger partial charge is 0.245 e. The normalized spacial score (nSPS) is 21.3. The first-order valence-electron chi connectivity index (χ1n) is 23.8. The van der Waals surface area contributed by atoms with Crippen LogP contribution in [0.2, 0.25) is 0 Å². The lowest BCUT2D eigenvalue weighted by Gasteiger charge is -2.34. The van der Waals surface area contributed by atoms with Gasteiger partial charge in [0.15, 0.2) is 17.2 Å². The lowest BCUT2D eigenvalue weighted by Crippen LogP contribution is -2.62. The number of hydrogen-bond donors (Lipinski definition) is 8. The van der Waals surface area contributed by atoms with Crippen LogP contribution in [-0.2, 0) is 47.8 Å². The first-order valence-corrected chi connectivity index (χ1v) is 23.8. The Morgan fingerprint density at radius 2 is 1.22 bits per heavy atom. The topological polar surface area (TPSA) is 286 Å². The maximum Gasteiger partial charge on any atom is 0.245 e. The Morgan fingerprint density at radius 3 is 1.66 bits per heavy atom. The minimum absolute atomic E-state index is 0.0952. The van der Waals surface area contributed by atoms with E-state index in [1.54, 1.807) is 27.8 Å². The minimum Gasteiger partial charge on any atom is -0.394 e. The third-order valence-electron chi connectivity index (χ3n) is 12.3. The van der Waals surface area contributed by atoms with E-state index in [2.05, 4.69) is 47.0 Å². The third kappa shape index (κ3) is 19.7. The Kier molecular flexibility index (Phi) is 25.6. The summed E-state index contributed by atoms with van der Waals surface area (Å²) in [6, 6.07) is -6.10. The number of ketones is 2. The molecule has 0 aromatic carbocycles. The number of unbranched alkanes of at least 4 members (excludes halogenated alkanes) is 1. The van der Waals surface area contributed by atoms with E-state index in [0.717, 1.165) is 12.8 Å². The summed E-state index contributed by atoms with van der Waals surface area (Å²) < 4.78 is 10.3. The molecule has 0 saturated carbocycles. The molecular weight excluding hydrogens is 869 g/mol. The van der Waals surface area contributed by atoms with E-state index in [-0.39, 0.29) is 61.4 Å². The second kappa shape index (κ2) is 28.3. The number of nitrogens with one attached hydrogen (secondary N) is 5. The van der Waals surface area contributed by atoms with E-state index < -0.39 is 96.2 Å². The van der Waals surface area contributed by atoms with Gasteiger partial charge >= 0.3 is 0 Å². The molecule has 0 radical (unpaired) electrons. The van der Waals surface area contributed by atoms with Gasteiger partial charge in [-0.25, -0.2) is 0 Å². The Hall–Kier alpha value is -4.30. The molecule has 0 aliphatic carbocycles. The number of carbonyl (C=O) groups excluding carboxylic acids is 8. The molecule has 2 heterocycles. The molecule has 0 aromatic heterocycles. The molecule has 0 bridgehead atoms. The van der Waals surface area contributed by atoms with Gasteiger partial charge in [-0.1, -0.05) is 86.6 Å². The van der Waals surface area contributed by atoms with Crippen molar-refractivity contribution in [3.63, 3.8) is 0 Å². The molecule has 2 rings (SSSR count). The van der Waals surface area contributed by atoms with Crippen LogP contribution in [0.4, 0.5) is 0 Å². The van der Waals surface area contributed by atoms with Gasteiger partial charge in [0.1, 0.15) is 29.8 Å². The number of ether oxygens (including phenoxy) is 2. The van der Waals surface area contributed by atoms with Crippen molar-refractivity contribution in [3.8, 4) is 0 Å². The van der Waals surface area contributed by atoms with E-state index in [9.17, 15) is 53.7 Å². The first kappa shape index (κ1) is 60.7. The van der Waals surface area contributed by atoms with E-state index in [1.807, 2.05) is 34.6 Å². The Balaban J connectivity index is 0.000000707. The number of likely N-dealkylation sites (N-methyl/N-ethyl adjacent to an activating group) is 1. The van der Waals surface area contributed by atoms with Gasteiger partial charge in [0.25, 0.3) is 0 Å². The fourth-order valence-electron chi connectivity index (χ4n) is 7.25. The molecule has 384 valence electrons. The summed E-state index contributed by atoms with van der Waals surface area (Å²) in [4.78, 5) is 104. The number of amides is 6. The minimum atomic E-state index is -1.36. The molecule has 6 unspecified atom stereocenters. The van der Waals surface area contributed by atoms with Crippen molar-refractivity contribution >= 4 is 47.0 Å². The molecule has 6 amide bonds. The number of hydrogen-bond acceptors (Lipinski definition) is 13. The van der Waals surface area contributed by atoms with Gasteiger partial charge in [-0.15, -0.1) is 6.58 Å². The van der Waals surface area contributed by atoms with Crippen LogP contribution < -0.4 is 26.6 Å². The molecule has 2 aliphatic rings. The van der Waals surface area contributed by atoms with Crippen molar-refractivity contribution in [2.24, 2.45) is 23.7 Å². The summed E-state index contributed by atoms with van der Waals surface area (Å²) in [5, 5.41) is 42.4. The Labute approximate surface area is 398 Å². The van der Waals surface area contributed by atoms with Crippen LogP contribution in [0.15, 0.2) is 12.2 Å². The Morgan fingerprint density at radius 1 is 0.687 bits per heavy atom. The SMILES string of the molecule is C=C(C)CC(NC(=O)C(CO)NC(=O)CCCCC(C)C)C(=O)[C@@]1(CO)CO1.CC[C@H](C)C(NC(=O)C([C@@H](C)CC)N(C)C(C)=O)C(=O)NC(C(=O)NC(CC(C)C)C(=O)[C@@]1(C)CO1)[C@@H](C)O. The second-order valence-corrected chi connectivity index (χ2v) is 19.6.